The molecule has 0 saturated carbocycles. The number of benzene rings is 1. The first-order valence-corrected chi connectivity index (χ1v) is 9.07. The zero-order valence-electron chi connectivity index (χ0n) is 15.6. The highest BCUT2D eigenvalue weighted by Crippen LogP contribution is 2.23. The lowest BCUT2D eigenvalue weighted by Gasteiger charge is -2.30. The molecule has 1 saturated heterocycles. The van der Waals surface area contributed by atoms with Crippen LogP contribution in [0, 0.1) is 5.92 Å². The lowest BCUT2D eigenvalue weighted by Crippen LogP contribution is -2.45. The average molecular weight is 385 g/mol. The Balaban J connectivity index is 1.51. The van der Waals surface area contributed by atoms with Crippen molar-refractivity contribution in [3.63, 3.8) is 0 Å². The molecular weight excluding hydrogens is 362 g/mol. The Bertz CT molecular complexity index is 817. The van der Waals surface area contributed by atoms with E-state index >= 15 is 0 Å². The molecule has 1 aliphatic rings. The van der Waals surface area contributed by atoms with Gasteiger partial charge in [0.25, 0.3) is 0 Å². The lowest BCUT2D eigenvalue weighted by molar-refractivity contribution is -0.143. The minimum atomic E-state index is -0.791. The van der Waals surface area contributed by atoms with Gasteiger partial charge in [-0.1, -0.05) is 0 Å². The van der Waals surface area contributed by atoms with Crippen molar-refractivity contribution in [2.45, 2.75) is 19.4 Å². The third kappa shape index (κ3) is 5.12. The van der Waals surface area contributed by atoms with Crippen LogP contribution >= 0.6 is 0 Å². The molecule has 2 heterocycles. The number of urea groups is 1. The summed E-state index contributed by atoms with van der Waals surface area (Å²) in [4.78, 5) is 29.1. The maximum atomic E-state index is 12.3. The van der Waals surface area contributed by atoms with Crippen molar-refractivity contribution >= 4 is 12.0 Å². The van der Waals surface area contributed by atoms with Crippen LogP contribution in [0.4, 0.5) is 4.79 Å². The summed E-state index contributed by atoms with van der Waals surface area (Å²) in [6, 6.07) is 10.5. The molecule has 0 atom stereocenters. The Morgan fingerprint density at radius 1 is 1.18 bits per heavy atom. The van der Waals surface area contributed by atoms with Crippen molar-refractivity contribution < 1.29 is 24.2 Å². The number of carbonyl (C=O) groups is 2. The van der Waals surface area contributed by atoms with E-state index in [4.69, 9.17) is 14.6 Å². The van der Waals surface area contributed by atoms with Crippen LogP contribution in [0.1, 0.15) is 18.4 Å². The molecule has 1 aromatic carbocycles. The first kappa shape index (κ1) is 19.5. The molecule has 0 aliphatic carbocycles. The molecule has 2 amide bonds. The third-order valence-corrected chi connectivity index (χ3v) is 4.66. The largest absolute Gasteiger partial charge is 0.497 e. The van der Waals surface area contributed by atoms with Gasteiger partial charge < -0.3 is 24.8 Å². The van der Waals surface area contributed by atoms with Crippen LogP contribution in [0.3, 0.4) is 0 Å². The third-order valence-electron chi connectivity index (χ3n) is 4.66. The Kier molecular flexibility index (Phi) is 6.31. The van der Waals surface area contributed by atoms with Gasteiger partial charge >= 0.3 is 12.0 Å². The monoisotopic (exact) mass is 385 g/mol. The van der Waals surface area contributed by atoms with Gasteiger partial charge in [-0.05, 0) is 48.7 Å². The molecule has 0 spiro atoms. The molecule has 0 radical (unpaired) electrons. The van der Waals surface area contributed by atoms with Crippen LogP contribution in [0.15, 0.2) is 42.6 Å². The number of methoxy groups -OCH3 is 1. The van der Waals surface area contributed by atoms with Crippen molar-refractivity contribution in [2.75, 3.05) is 20.2 Å². The molecule has 2 N–H and O–H groups in total. The number of likely N-dealkylation sites (tertiary alicyclic amines) is 1. The van der Waals surface area contributed by atoms with E-state index in [-0.39, 0.29) is 11.9 Å². The number of amides is 2. The Morgan fingerprint density at radius 3 is 2.50 bits per heavy atom. The highest BCUT2D eigenvalue weighted by atomic mass is 16.5. The molecule has 0 unspecified atom stereocenters. The zero-order chi connectivity index (χ0) is 19.9. The van der Waals surface area contributed by atoms with Gasteiger partial charge in [0.2, 0.25) is 5.88 Å². The Morgan fingerprint density at radius 2 is 1.86 bits per heavy atom. The number of aliphatic carboxylic acids is 1. The van der Waals surface area contributed by atoms with Gasteiger partial charge in [-0.25, -0.2) is 9.78 Å². The van der Waals surface area contributed by atoms with Crippen molar-refractivity contribution in [1.82, 2.24) is 15.2 Å². The van der Waals surface area contributed by atoms with Crippen LogP contribution in [0.25, 0.3) is 0 Å². The zero-order valence-corrected chi connectivity index (χ0v) is 15.6. The molecule has 1 fully saturated rings. The van der Waals surface area contributed by atoms with Gasteiger partial charge in [0.15, 0.2) is 0 Å². The van der Waals surface area contributed by atoms with Gasteiger partial charge in [-0.2, -0.15) is 0 Å². The summed E-state index contributed by atoms with van der Waals surface area (Å²) in [7, 11) is 1.60. The molecule has 148 valence electrons. The van der Waals surface area contributed by atoms with Gasteiger partial charge in [0, 0.05) is 31.9 Å². The fraction of sp³-hybridized carbons (Fsp3) is 0.350. The van der Waals surface area contributed by atoms with E-state index in [2.05, 4.69) is 10.3 Å². The van der Waals surface area contributed by atoms with E-state index in [1.54, 1.807) is 54.6 Å². The van der Waals surface area contributed by atoms with E-state index in [1.165, 1.54) is 0 Å². The highest BCUT2D eigenvalue weighted by molar-refractivity contribution is 5.75. The maximum absolute atomic E-state index is 12.3. The first-order chi connectivity index (χ1) is 13.5. The van der Waals surface area contributed by atoms with Crippen molar-refractivity contribution in [1.29, 1.82) is 0 Å². The van der Waals surface area contributed by atoms with Crippen LogP contribution in [0.5, 0.6) is 17.4 Å². The lowest BCUT2D eigenvalue weighted by atomic mass is 9.97. The van der Waals surface area contributed by atoms with Gasteiger partial charge in [-0.15, -0.1) is 0 Å². The number of hydrogen-bond donors (Lipinski definition) is 2. The quantitative estimate of drug-likeness (QED) is 0.793. The summed E-state index contributed by atoms with van der Waals surface area (Å²) in [6.07, 6.45) is 2.59. The number of rotatable bonds is 6. The molecule has 0 bridgehead atoms. The van der Waals surface area contributed by atoms with Gasteiger partial charge in [0.05, 0.1) is 13.0 Å². The highest BCUT2D eigenvalue weighted by Gasteiger charge is 2.26. The number of carbonyl (C=O) groups excluding carboxylic acids is 1. The molecule has 28 heavy (non-hydrogen) atoms. The SMILES string of the molecule is COc1ccc(Oc2cc(CNC(=O)N3CCC(C(=O)O)CC3)ccn2)cc1. The number of ether oxygens (including phenoxy) is 2. The molecule has 1 aromatic heterocycles. The Hall–Kier alpha value is -3.29. The number of nitrogens with zero attached hydrogens (tertiary/aromatic N) is 2. The number of piperidine rings is 1. The first-order valence-electron chi connectivity index (χ1n) is 9.07. The standard InChI is InChI=1S/C20H23N3O5/c1-27-16-2-4-17(5-3-16)28-18-12-14(6-9-21-18)13-22-20(26)23-10-7-15(8-11-23)19(24)25/h2-6,9,12,15H,7-8,10-11,13H2,1H3,(H,22,26)(H,24,25). The molecule has 1 aliphatic heterocycles. The number of hydrogen-bond acceptors (Lipinski definition) is 5. The second-order valence-electron chi connectivity index (χ2n) is 6.54. The van der Waals surface area contributed by atoms with Crippen molar-refractivity contribution in [3.05, 3.63) is 48.2 Å². The molecule has 8 heteroatoms. The number of carboxylic acid groups (broad SMARTS) is 1. The molecule has 8 nitrogen and oxygen atoms in total. The number of aromatic nitrogens is 1. The van der Waals surface area contributed by atoms with Crippen LogP contribution in [-0.4, -0.2) is 47.2 Å². The maximum Gasteiger partial charge on any atom is 0.317 e. The summed E-state index contributed by atoms with van der Waals surface area (Å²) < 4.78 is 10.8. The van der Waals surface area contributed by atoms with E-state index in [1.807, 2.05) is 0 Å². The number of pyridine rings is 1. The second kappa shape index (κ2) is 9.07. The van der Waals surface area contributed by atoms with Crippen molar-refractivity contribution in [3.8, 4) is 17.4 Å². The minimum absolute atomic E-state index is 0.196. The van der Waals surface area contributed by atoms with E-state index in [0.717, 1.165) is 11.3 Å². The summed E-state index contributed by atoms with van der Waals surface area (Å²) in [5.74, 6) is 0.655. The predicted molar refractivity (Wildman–Crippen MR) is 101 cm³/mol. The van der Waals surface area contributed by atoms with E-state index in [9.17, 15) is 9.59 Å². The van der Waals surface area contributed by atoms with Gasteiger partial charge in [0.1, 0.15) is 11.5 Å². The predicted octanol–water partition coefficient (Wildman–Crippen LogP) is 2.89. The topological polar surface area (TPSA) is 101 Å². The smallest absolute Gasteiger partial charge is 0.317 e. The fourth-order valence-electron chi connectivity index (χ4n) is 3.00. The van der Waals surface area contributed by atoms with Gasteiger partial charge in [-0.3, -0.25) is 4.79 Å². The normalized spacial score (nSPS) is 14.4. The van der Waals surface area contributed by atoms with E-state index in [0.29, 0.717) is 44.1 Å². The number of carboxylic acids is 1. The number of nitrogens with one attached hydrogen (secondary N) is 1. The summed E-state index contributed by atoms with van der Waals surface area (Å²) in [5.41, 5.74) is 0.854. The average Bonchev–Trinajstić information content (AvgIpc) is 2.73. The van der Waals surface area contributed by atoms with Crippen LogP contribution < -0.4 is 14.8 Å². The summed E-state index contributed by atoms with van der Waals surface area (Å²) in [5, 5.41) is 11.9. The summed E-state index contributed by atoms with van der Waals surface area (Å²) in [6.45, 7) is 1.23. The van der Waals surface area contributed by atoms with Crippen LogP contribution in [-0.2, 0) is 11.3 Å². The molecular formula is C20H23N3O5. The molecule has 3 rings (SSSR count). The second-order valence-corrected chi connectivity index (χ2v) is 6.54. The molecule has 2 aromatic rings. The van der Waals surface area contributed by atoms with Crippen LogP contribution in [0.2, 0.25) is 0 Å². The minimum Gasteiger partial charge on any atom is -0.497 e. The Labute approximate surface area is 163 Å². The van der Waals surface area contributed by atoms with E-state index < -0.39 is 5.97 Å². The summed E-state index contributed by atoms with van der Waals surface area (Å²) >= 11 is 0. The van der Waals surface area contributed by atoms with Crippen molar-refractivity contribution in [2.24, 2.45) is 5.92 Å². The fourth-order valence-corrected chi connectivity index (χ4v) is 3.00.